The average molecular weight is 299 g/mol. The van der Waals surface area contributed by atoms with E-state index < -0.39 is 0 Å². The van der Waals surface area contributed by atoms with Crippen molar-refractivity contribution in [2.24, 2.45) is 5.41 Å². The summed E-state index contributed by atoms with van der Waals surface area (Å²) in [7, 11) is 0. The lowest BCUT2D eigenvalue weighted by atomic mass is 9.59. The van der Waals surface area contributed by atoms with Crippen molar-refractivity contribution in [2.45, 2.75) is 57.0 Å². The molecule has 4 nitrogen and oxygen atoms in total. The van der Waals surface area contributed by atoms with E-state index in [-0.39, 0.29) is 11.5 Å². The van der Waals surface area contributed by atoms with Crippen LogP contribution in [0.3, 0.4) is 0 Å². The van der Waals surface area contributed by atoms with Gasteiger partial charge in [-0.2, -0.15) is 0 Å². The molecular weight excluding hydrogens is 274 g/mol. The zero-order valence-electron chi connectivity index (χ0n) is 13.1. The third-order valence-corrected chi connectivity index (χ3v) is 5.93. The molecule has 3 heterocycles. The van der Waals surface area contributed by atoms with Gasteiger partial charge in [-0.1, -0.05) is 19.3 Å². The zero-order chi connectivity index (χ0) is 15.0. The molecule has 2 saturated heterocycles. The molecule has 0 radical (unpaired) electrons. The number of hydrogen-bond donors (Lipinski definition) is 1. The Hall–Kier alpha value is -1.42. The Morgan fingerprint density at radius 1 is 1.09 bits per heavy atom. The maximum Gasteiger partial charge on any atom is 0.232 e. The number of amides is 1. The second-order valence-corrected chi connectivity index (χ2v) is 7.09. The quantitative estimate of drug-likeness (QED) is 0.854. The smallest absolute Gasteiger partial charge is 0.232 e. The molecule has 0 unspecified atom stereocenters. The Morgan fingerprint density at radius 2 is 1.77 bits per heavy atom. The van der Waals surface area contributed by atoms with Gasteiger partial charge in [0.1, 0.15) is 0 Å². The lowest BCUT2D eigenvalue weighted by Gasteiger charge is -2.61. The van der Waals surface area contributed by atoms with Gasteiger partial charge in [-0.15, -0.1) is 0 Å². The van der Waals surface area contributed by atoms with Crippen LogP contribution in [0.25, 0.3) is 0 Å². The highest BCUT2D eigenvalue weighted by Gasteiger charge is 2.62. The summed E-state index contributed by atoms with van der Waals surface area (Å²) in [4.78, 5) is 19.5. The molecule has 3 aliphatic rings. The van der Waals surface area contributed by atoms with Crippen molar-refractivity contribution in [2.75, 3.05) is 13.1 Å². The predicted molar refractivity (Wildman–Crippen MR) is 85.2 cm³/mol. The van der Waals surface area contributed by atoms with Gasteiger partial charge < -0.3 is 10.2 Å². The molecule has 0 bridgehead atoms. The van der Waals surface area contributed by atoms with E-state index in [2.05, 4.69) is 27.3 Å². The van der Waals surface area contributed by atoms with Crippen molar-refractivity contribution in [3.05, 3.63) is 30.1 Å². The van der Waals surface area contributed by atoms with Crippen molar-refractivity contribution in [1.82, 2.24) is 15.2 Å². The summed E-state index contributed by atoms with van der Waals surface area (Å²) in [5.41, 5.74) is 1.18. The third kappa shape index (κ3) is 2.08. The minimum atomic E-state index is -0.107. The molecule has 2 aliphatic heterocycles. The lowest BCUT2D eigenvalue weighted by Crippen LogP contribution is -2.67. The predicted octanol–water partition coefficient (Wildman–Crippen LogP) is 2.67. The molecule has 22 heavy (non-hydrogen) atoms. The van der Waals surface area contributed by atoms with Gasteiger partial charge in [0.05, 0.1) is 11.5 Å². The van der Waals surface area contributed by atoms with Crippen LogP contribution < -0.4 is 5.32 Å². The number of nitrogens with one attached hydrogen (secondary N) is 1. The van der Waals surface area contributed by atoms with Crippen LogP contribution in [0.4, 0.5) is 0 Å². The van der Waals surface area contributed by atoms with Crippen LogP contribution in [-0.4, -0.2) is 34.9 Å². The topological polar surface area (TPSA) is 45.2 Å². The van der Waals surface area contributed by atoms with Crippen LogP contribution in [0.15, 0.2) is 24.5 Å². The van der Waals surface area contributed by atoms with Crippen LogP contribution >= 0.6 is 0 Å². The van der Waals surface area contributed by atoms with E-state index in [1.54, 1.807) is 0 Å². The fraction of sp³-hybridized carbons (Fsp3) is 0.667. The molecule has 4 heteroatoms. The van der Waals surface area contributed by atoms with Crippen LogP contribution in [-0.2, 0) is 4.79 Å². The van der Waals surface area contributed by atoms with Crippen LogP contribution in [0.1, 0.15) is 56.6 Å². The molecule has 1 amide bonds. The Bertz CT molecular complexity index is 533. The summed E-state index contributed by atoms with van der Waals surface area (Å²) in [6.07, 6.45) is 11.7. The van der Waals surface area contributed by atoms with Gasteiger partial charge in [-0.25, -0.2) is 0 Å². The van der Waals surface area contributed by atoms with Gasteiger partial charge in [0, 0.05) is 18.4 Å². The van der Waals surface area contributed by atoms with Crippen molar-refractivity contribution in [3.8, 4) is 0 Å². The van der Waals surface area contributed by atoms with E-state index in [0.29, 0.717) is 11.9 Å². The Labute approximate surface area is 132 Å². The molecule has 1 saturated carbocycles. The molecule has 1 aromatic rings. The van der Waals surface area contributed by atoms with Gasteiger partial charge in [-0.05, 0) is 56.5 Å². The summed E-state index contributed by atoms with van der Waals surface area (Å²) in [6.45, 7) is 2.06. The van der Waals surface area contributed by atoms with Gasteiger partial charge in [0.25, 0.3) is 0 Å². The number of nitrogens with zero attached hydrogens (tertiary/aromatic N) is 2. The third-order valence-electron chi connectivity index (χ3n) is 5.93. The van der Waals surface area contributed by atoms with E-state index in [4.69, 9.17) is 0 Å². The molecule has 118 valence electrons. The number of carbonyl (C=O) groups is 1. The summed E-state index contributed by atoms with van der Waals surface area (Å²) >= 11 is 0. The number of likely N-dealkylation sites (tertiary alicyclic amines) is 1. The molecule has 1 atom stereocenters. The Balaban J connectivity index is 1.67. The van der Waals surface area contributed by atoms with E-state index in [0.717, 1.165) is 38.8 Å². The second kappa shape index (κ2) is 5.65. The molecule has 1 spiro atoms. The van der Waals surface area contributed by atoms with E-state index in [1.165, 1.54) is 24.8 Å². The molecule has 1 aromatic heterocycles. The van der Waals surface area contributed by atoms with Gasteiger partial charge in [-0.3, -0.25) is 9.78 Å². The number of rotatable bonds is 2. The molecule has 0 aromatic carbocycles. The average Bonchev–Trinajstić information content (AvgIpc) is 2.61. The van der Waals surface area contributed by atoms with Gasteiger partial charge >= 0.3 is 0 Å². The number of carbonyl (C=O) groups excluding carboxylic acids is 1. The van der Waals surface area contributed by atoms with Crippen LogP contribution in [0, 0.1) is 5.41 Å². The van der Waals surface area contributed by atoms with E-state index >= 15 is 0 Å². The minimum Gasteiger partial charge on any atom is -0.331 e. The molecule has 1 N–H and O–H groups in total. The summed E-state index contributed by atoms with van der Waals surface area (Å²) in [5, 5.41) is 3.41. The first kappa shape index (κ1) is 14.2. The van der Waals surface area contributed by atoms with E-state index in [1.807, 2.05) is 12.4 Å². The number of β-lactam (4-membered cyclic amide) rings is 1. The summed E-state index contributed by atoms with van der Waals surface area (Å²) in [5.74, 6) is 0.431. The fourth-order valence-corrected chi connectivity index (χ4v) is 4.85. The van der Waals surface area contributed by atoms with Crippen molar-refractivity contribution < 1.29 is 4.79 Å². The zero-order valence-corrected chi connectivity index (χ0v) is 13.1. The second-order valence-electron chi connectivity index (χ2n) is 7.09. The van der Waals surface area contributed by atoms with Crippen molar-refractivity contribution in [1.29, 1.82) is 0 Å². The Morgan fingerprint density at radius 3 is 2.45 bits per heavy atom. The van der Waals surface area contributed by atoms with Crippen LogP contribution in [0.2, 0.25) is 0 Å². The normalized spacial score (nSPS) is 28.6. The Kier molecular flexibility index (Phi) is 3.65. The minimum absolute atomic E-state index is 0.107. The number of aromatic nitrogens is 1. The molecule has 4 rings (SSSR count). The first-order chi connectivity index (χ1) is 10.8. The first-order valence-electron chi connectivity index (χ1n) is 8.76. The molecule has 3 fully saturated rings. The number of hydrogen-bond acceptors (Lipinski definition) is 3. The van der Waals surface area contributed by atoms with Crippen molar-refractivity contribution in [3.63, 3.8) is 0 Å². The highest BCUT2D eigenvalue weighted by atomic mass is 16.2. The molecule has 1 aliphatic carbocycles. The largest absolute Gasteiger partial charge is 0.331 e. The lowest BCUT2D eigenvalue weighted by molar-refractivity contribution is -0.185. The first-order valence-corrected chi connectivity index (χ1v) is 8.76. The van der Waals surface area contributed by atoms with Crippen molar-refractivity contribution >= 4 is 5.91 Å². The standard InChI is InChI=1S/C18H25N3O/c22-17-18(8-2-1-3-9-18)16(14-4-10-19-11-5-14)21(17)15-6-12-20-13-7-15/h4-5,10-11,15-16,20H,1-3,6-9,12-13H2/t16-/m1/s1. The SMILES string of the molecule is O=C1N(C2CCNCC2)[C@H](c2ccncc2)C12CCCCC2. The summed E-state index contributed by atoms with van der Waals surface area (Å²) < 4.78 is 0. The van der Waals surface area contributed by atoms with Crippen LogP contribution in [0.5, 0.6) is 0 Å². The number of piperidine rings is 1. The monoisotopic (exact) mass is 299 g/mol. The highest BCUT2D eigenvalue weighted by Crippen LogP contribution is 2.59. The fourth-order valence-electron chi connectivity index (χ4n) is 4.85. The number of pyridine rings is 1. The maximum atomic E-state index is 13.1. The highest BCUT2D eigenvalue weighted by molar-refractivity contribution is 5.91. The van der Waals surface area contributed by atoms with Gasteiger partial charge in [0.15, 0.2) is 0 Å². The summed E-state index contributed by atoms with van der Waals surface area (Å²) in [6, 6.07) is 4.93. The van der Waals surface area contributed by atoms with E-state index in [9.17, 15) is 4.79 Å². The molecular formula is C18H25N3O. The maximum absolute atomic E-state index is 13.1. The van der Waals surface area contributed by atoms with Gasteiger partial charge in [0.2, 0.25) is 5.91 Å².